The topological polar surface area (TPSA) is 91.3 Å². The maximum absolute atomic E-state index is 12.6. The number of benzene rings is 1. The smallest absolute Gasteiger partial charge is 0.317 e. The summed E-state index contributed by atoms with van der Waals surface area (Å²) < 4.78 is 11.2. The van der Waals surface area contributed by atoms with E-state index in [1.54, 1.807) is 16.8 Å². The number of carbonyl (C=O) groups is 2. The van der Waals surface area contributed by atoms with Gasteiger partial charge in [-0.05, 0) is 38.1 Å². The molecular formula is C20H29N3O5. The highest BCUT2D eigenvalue weighted by molar-refractivity contribution is 5.75. The number of morpholine rings is 1. The third-order valence-electron chi connectivity index (χ3n) is 5.04. The Kier molecular flexibility index (Phi) is 6.74. The number of carboxylic acids is 1. The number of likely N-dealkylation sites (N-methyl/N-ethyl adjacent to an activating group) is 1. The minimum Gasteiger partial charge on any atom is -0.494 e. The van der Waals surface area contributed by atoms with Crippen LogP contribution in [-0.2, 0) is 9.53 Å². The Balaban J connectivity index is 1.47. The number of hydrogen-bond acceptors (Lipinski definition) is 5. The van der Waals surface area contributed by atoms with Crippen LogP contribution in [-0.4, -0.2) is 85.5 Å². The second-order valence-electron chi connectivity index (χ2n) is 7.43. The molecule has 28 heavy (non-hydrogen) atoms. The van der Waals surface area contributed by atoms with Gasteiger partial charge in [0.05, 0.1) is 25.9 Å². The molecule has 1 aromatic rings. The molecule has 2 N–H and O–H groups in total. The van der Waals surface area contributed by atoms with Crippen molar-refractivity contribution >= 4 is 12.0 Å². The number of amides is 2. The molecule has 1 saturated heterocycles. The van der Waals surface area contributed by atoms with Gasteiger partial charge < -0.3 is 24.8 Å². The van der Waals surface area contributed by atoms with Crippen LogP contribution in [0.1, 0.15) is 24.8 Å². The molecule has 1 aromatic carbocycles. The zero-order chi connectivity index (χ0) is 20.1. The summed E-state index contributed by atoms with van der Waals surface area (Å²) in [5.41, 5.74) is 1.19. The van der Waals surface area contributed by atoms with E-state index in [0.717, 1.165) is 12.2 Å². The van der Waals surface area contributed by atoms with E-state index >= 15 is 0 Å². The van der Waals surface area contributed by atoms with Gasteiger partial charge in [0.15, 0.2) is 0 Å². The van der Waals surface area contributed by atoms with Crippen LogP contribution in [0.3, 0.4) is 0 Å². The summed E-state index contributed by atoms with van der Waals surface area (Å²) in [6.45, 7) is 4.50. The van der Waals surface area contributed by atoms with Crippen molar-refractivity contribution in [2.75, 3.05) is 46.4 Å². The first kappa shape index (κ1) is 20.4. The maximum Gasteiger partial charge on any atom is 0.317 e. The summed E-state index contributed by atoms with van der Waals surface area (Å²) in [6.07, 6.45) is 0.748. The highest BCUT2D eigenvalue weighted by atomic mass is 16.5. The summed E-state index contributed by atoms with van der Waals surface area (Å²) in [5, 5.41) is 12.0. The van der Waals surface area contributed by atoms with Crippen LogP contribution in [0.5, 0.6) is 5.75 Å². The molecule has 3 rings (SSSR count). The Labute approximate surface area is 165 Å². The SMILES string of the molecule is CCOc1cccc([C@@H]2C[C@H]2NC(=O)N2CCOC(CN(C)CC(=O)O)C2)c1. The van der Waals surface area contributed by atoms with Crippen molar-refractivity contribution in [2.24, 2.45) is 0 Å². The fraction of sp³-hybridized carbons (Fsp3) is 0.600. The molecule has 0 bridgehead atoms. The molecular weight excluding hydrogens is 362 g/mol. The Morgan fingerprint density at radius 1 is 1.43 bits per heavy atom. The van der Waals surface area contributed by atoms with Gasteiger partial charge in [-0.3, -0.25) is 9.69 Å². The largest absolute Gasteiger partial charge is 0.494 e. The maximum atomic E-state index is 12.6. The monoisotopic (exact) mass is 391 g/mol. The molecule has 0 spiro atoms. The third kappa shape index (κ3) is 5.59. The van der Waals surface area contributed by atoms with Crippen molar-refractivity contribution in [3.05, 3.63) is 29.8 Å². The molecule has 1 unspecified atom stereocenters. The standard InChI is InChI=1S/C20H29N3O5/c1-3-27-15-6-4-5-14(9-15)17-10-18(17)21-20(26)23-7-8-28-16(12-23)11-22(2)13-19(24)25/h4-6,9,16-18H,3,7-8,10-13H2,1-2H3,(H,21,26)(H,24,25)/t16?,17-,18+/m0/s1. The van der Waals surface area contributed by atoms with E-state index in [4.69, 9.17) is 14.6 Å². The first-order valence-corrected chi connectivity index (χ1v) is 9.76. The summed E-state index contributed by atoms with van der Waals surface area (Å²) in [6, 6.07) is 8.10. The molecule has 1 aliphatic heterocycles. The fourth-order valence-electron chi connectivity index (χ4n) is 3.63. The normalized spacial score (nSPS) is 24.1. The second-order valence-corrected chi connectivity index (χ2v) is 7.43. The molecule has 2 amide bonds. The van der Waals surface area contributed by atoms with Gasteiger partial charge in [-0.15, -0.1) is 0 Å². The van der Waals surface area contributed by atoms with Crippen LogP contribution in [0.2, 0.25) is 0 Å². The predicted molar refractivity (Wildman–Crippen MR) is 104 cm³/mol. The van der Waals surface area contributed by atoms with Crippen molar-refractivity contribution in [1.82, 2.24) is 15.1 Å². The first-order chi connectivity index (χ1) is 13.5. The highest BCUT2D eigenvalue weighted by Crippen LogP contribution is 2.41. The molecule has 1 heterocycles. The predicted octanol–water partition coefficient (Wildman–Crippen LogP) is 1.37. The van der Waals surface area contributed by atoms with Crippen LogP contribution in [0, 0.1) is 0 Å². The second kappa shape index (κ2) is 9.25. The molecule has 8 nitrogen and oxygen atoms in total. The van der Waals surface area contributed by atoms with Crippen LogP contribution in [0.25, 0.3) is 0 Å². The molecule has 8 heteroatoms. The number of hydrogen-bond donors (Lipinski definition) is 2. The number of carbonyl (C=O) groups excluding carboxylic acids is 1. The van der Waals surface area contributed by atoms with E-state index in [1.165, 1.54) is 5.56 Å². The molecule has 1 aliphatic carbocycles. The summed E-state index contributed by atoms with van der Waals surface area (Å²) in [5.74, 6) is 0.308. The lowest BCUT2D eigenvalue weighted by Crippen LogP contribution is -2.52. The Hall–Kier alpha value is -2.32. The van der Waals surface area contributed by atoms with Gasteiger partial charge in [-0.25, -0.2) is 4.79 Å². The van der Waals surface area contributed by atoms with Crippen LogP contribution >= 0.6 is 0 Å². The minimum absolute atomic E-state index is 0.0450. The van der Waals surface area contributed by atoms with E-state index in [-0.39, 0.29) is 24.7 Å². The number of carboxylic acid groups (broad SMARTS) is 1. The van der Waals surface area contributed by atoms with Crippen LogP contribution in [0.4, 0.5) is 4.79 Å². The zero-order valence-electron chi connectivity index (χ0n) is 16.5. The van der Waals surface area contributed by atoms with E-state index in [9.17, 15) is 9.59 Å². The van der Waals surface area contributed by atoms with Crippen LogP contribution < -0.4 is 10.1 Å². The molecule has 2 aliphatic rings. The van der Waals surface area contributed by atoms with Crippen molar-refractivity contribution < 1.29 is 24.2 Å². The lowest BCUT2D eigenvalue weighted by Gasteiger charge is -2.34. The molecule has 1 saturated carbocycles. The summed E-state index contributed by atoms with van der Waals surface area (Å²) in [4.78, 5) is 26.9. The number of nitrogens with zero attached hydrogens (tertiary/aromatic N) is 2. The summed E-state index contributed by atoms with van der Waals surface area (Å²) >= 11 is 0. The van der Waals surface area contributed by atoms with Gasteiger partial charge in [-0.2, -0.15) is 0 Å². The van der Waals surface area contributed by atoms with Gasteiger partial charge >= 0.3 is 12.0 Å². The van der Waals surface area contributed by atoms with E-state index in [2.05, 4.69) is 11.4 Å². The average Bonchev–Trinajstić information content (AvgIpc) is 3.41. The Morgan fingerprint density at radius 3 is 3.00 bits per heavy atom. The zero-order valence-corrected chi connectivity index (χ0v) is 16.5. The Bertz CT molecular complexity index is 698. The van der Waals surface area contributed by atoms with Gasteiger partial charge in [0.1, 0.15) is 5.75 Å². The first-order valence-electron chi connectivity index (χ1n) is 9.76. The van der Waals surface area contributed by atoms with Crippen molar-refractivity contribution in [3.63, 3.8) is 0 Å². The summed E-state index contributed by atoms with van der Waals surface area (Å²) in [7, 11) is 1.74. The molecule has 0 radical (unpaired) electrons. The molecule has 154 valence electrons. The number of rotatable bonds is 8. The third-order valence-corrected chi connectivity index (χ3v) is 5.04. The molecule has 0 aromatic heterocycles. The van der Waals surface area contributed by atoms with E-state index < -0.39 is 5.97 Å². The molecule has 3 atom stereocenters. The minimum atomic E-state index is -0.874. The van der Waals surface area contributed by atoms with Crippen LogP contribution in [0.15, 0.2) is 24.3 Å². The van der Waals surface area contributed by atoms with Crippen molar-refractivity contribution in [1.29, 1.82) is 0 Å². The van der Waals surface area contributed by atoms with Gasteiger partial charge in [0.25, 0.3) is 0 Å². The van der Waals surface area contributed by atoms with Crippen molar-refractivity contribution in [2.45, 2.75) is 31.4 Å². The average molecular weight is 391 g/mol. The lowest BCUT2D eigenvalue weighted by molar-refractivity contribution is -0.138. The van der Waals surface area contributed by atoms with Gasteiger partial charge in [0.2, 0.25) is 0 Å². The van der Waals surface area contributed by atoms with Crippen molar-refractivity contribution in [3.8, 4) is 5.75 Å². The van der Waals surface area contributed by atoms with Gasteiger partial charge in [0, 0.05) is 31.6 Å². The van der Waals surface area contributed by atoms with E-state index in [0.29, 0.717) is 38.8 Å². The van der Waals surface area contributed by atoms with Gasteiger partial charge in [-0.1, -0.05) is 12.1 Å². The number of aliphatic carboxylic acids is 1. The quantitative estimate of drug-likeness (QED) is 0.696. The highest BCUT2D eigenvalue weighted by Gasteiger charge is 2.40. The van der Waals surface area contributed by atoms with E-state index in [1.807, 2.05) is 25.1 Å². The number of urea groups is 1. The number of ether oxygens (including phenoxy) is 2. The Morgan fingerprint density at radius 2 is 2.25 bits per heavy atom. The lowest BCUT2D eigenvalue weighted by atomic mass is 10.1. The number of nitrogens with one attached hydrogen (secondary N) is 1. The fourth-order valence-corrected chi connectivity index (χ4v) is 3.63. The molecule has 2 fully saturated rings.